The molecule has 3 nitrogen and oxygen atoms in total. The molecule has 0 bridgehead atoms. The number of alkyl halides is 3. The molecule has 0 amide bonds. The van der Waals surface area contributed by atoms with Crippen molar-refractivity contribution >= 4 is 6.21 Å². The van der Waals surface area contributed by atoms with E-state index in [1.807, 2.05) is 0 Å². The van der Waals surface area contributed by atoms with Gasteiger partial charge in [-0.2, -0.15) is 13.2 Å². The van der Waals surface area contributed by atoms with Crippen LogP contribution in [-0.4, -0.2) is 24.0 Å². The average Bonchev–Trinajstić information content (AvgIpc) is 2.07. The van der Waals surface area contributed by atoms with Gasteiger partial charge in [-0.25, -0.2) is 0 Å². The summed E-state index contributed by atoms with van der Waals surface area (Å²) >= 11 is 0. The zero-order chi connectivity index (χ0) is 11.0. The summed E-state index contributed by atoms with van der Waals surface area (Å²) in [4.78, 5) is 3.64. The summed E-state index contributed by atoms with van der Waals surface area (Å²) in [5, 5.41) is 0. The summed E-state index contributed by atoms with van der Waals surface area (Å²) in [7, 11) is 0. The van der Waals surface area contributed by atoms with Crippen molar-refractivity contribution in [2.75, 3.05) is 0 Å². The maximum absolute atomic E-state index is 12.4. The molecule has 0 aromatic heterocycles. The predicted octanol–water partition coefficient (Wildman–Crippen LogP) is 0.808. The zero-order valence-electron chi connectivity index (χ0n) is 7.62. The first-order valence-electron chi connectivity index (χ1n) is 4.10. The van der Waals surface area contributed by atoms with Gasteiger partial charge >= 0.3 is 6.18 Å². The molecule has 1 heterocycles. The summed E-state index contributed by atoms with van der Waals surface area (Å²) in [6.45, 7) is 1.02. The Kier molecular flexibility index (Phi) is 2.69. The number of nitrogens with two attached hydrogens (primary N) is 2. The van der Waals surface area contributed by atoms with Crippen LogP contribution in [-0.2, 0) is 0 Å². The molecule has 0 aromatic carbocycles. The quantitative estimate of drug-likeness (QED) is 0.668. The van der Waals surface area contributed by atoms with Crippen molar-refractivity contribution in [3.63, 3.8) is 0 Å². The van der Waals surface area contributed by atoms with Crippen LogP contribution in [0.1, 0.15) is 6.92 Å². The first-order chi connectivity index (χ1) is 6.28. The number of hydrogen-bond acceptors (Lipinski definition) is 3. The Morgan fingerprint density at radius 3 is 2.50 bits per heavy atom. The largest absolute Gasteiger partial charge is 0.393 e. The molecule has 14 heavy (non-hydrogen) atoms. The molecule has 80 valence electrons. The highest BCUT2D eigenvalue weighted by Gasteiger charge is 2.50. The van der Waals surface area contributed by atoms with Crippen LogP contribution in [0.5, 0.6) is 0 Å². The first kappa shape index (κ1) is 11.2. The fourth-order valence-corrected chi connectivity index (χ4v) is 1.27. The second kappa shape index (κ2) is 3.36. The lowest BCUT2D eigenvalue weighted by Gasteiger charge is -2.38. The van der Waals surface area contributed by atoms with E-state index in [0.717, 1.165) is 6.92 Å². The Balaban J connectivity index is 2.95. The van der Waals surface area contributed by atoms with E-state index in [1.54, 1.807) is 0 Å². The number of halogens is 3. The first-order valence-corrected chi connectivity index (χ1v) is 4.10. The van der Waals surface area contributed by atoms with Crippen molar-refractivity contribution in [1.29, 1.82) is 0 Å². The van der Waals surface area contributed by atoms with Gasteiger partial charge < -0.3 is 11.5 Å². The molecule has 3 unspecified atom stereocenters. The molecule has 1 aliphatic rings. The Hall–Kier alpha value is -0.880. The Labute approximate surface area is 79.7 Å². The van der Waals surface area contributed by atoms with Gasteiger partial charge in [-0.15, -0.1) is 0 Å². The molecule has 4 N–H and O–H groups in total. The molecule has 3 atom stereocenters. The lowest BCUT2D eigenvalue weighted by molar-refractivity contribution is -0.182. The van der Waals surface area contributed by atoms with E-state index >= 15 is 0 Å². The van der Waals surface area contributed by atoms with Gasteiger partial charge in [-0.05, 0) is 6.08 Å². The van der Waals surface area contributed by atoms with Crippen molar-refractivity contribution in [2.24, 2.45) is 22.4 Å². The van der Waals surface area contributed by atoms with Gasteiger partial charge in [0, 0.05) is 12.4 Å². The van der Waals surface area contributed by atoms with Gasteiger partial charge in [0.15, 0.2) is 0 Å². The molecule has 6 heteroatoms. The van der Waals surface area contributed by atoms with Gasteiger partial charge in [0.05, 0.1) is 17.5 Å². The van der Waals surface area contributed by atoms with Crippen LogP contribution in [0.2, 0.25) is 0 Å². The fourth-order valence-electron chi connectivity index (χ4n) is 1.27. The highest BCUT2D eigenvalue weighted by atomic mass is 19.4. The highest BCUT2D eigenvalue weighted by molar-refractivity contribution is 5.69. The van der Waals surface area contributed by atoms with Gasteiger partial charge in [0.2, 0.25) is 0 Å². The molecule has 1 rings (SSSR count). The lowest BCUT2D eigenvalue weighted by atomic mass is 9.79. The smallest absolute Gasteiger partial charge is 0.321 e. The van der Waals surface area contributed by atoms with Crippen molar-refractivity contribution in [1.82, 2.24) is 0 Å². The monoisotopic (exact) mass is 207 g/mol. The van der Waals surface area contributed by atoms with Crippen LogP contribution >= 0.6 is 0 Å². The second-order valence-electron chi connectivity index (χ2n) is 3.40. The molecule has 0 aromatic rings. The molecular formula is C8H12F3N3. The molecule has 1 aliphatic heterocycles. The van der Waals surface area contributed by atoms with E-state index in [1.165, 1.54) is 18.5 Å². The van der Waals surface area contributed by atoms with Crippen molar-refractivity contribution in [3.8, 4) is 0 Å². The summed E-state index contributed by atoms with van der Waals surface area (Å²) in [6.07, 6.45) is -0.689. The van der Waals surface area contributed by atoms with Gasteiger partial charge in [0.1, 0.15) is 0 Å². The molecule has 0 spiro atoms. The third-order valence-corrected chi connectivity index (χ3v) is 2.51. The van der Waals surface area contributed by atoms with E-state index < -0.39 is 23.7 Å². The number of hydrogen-bond donors (Lipinski definition) is 2. The van der Waals surface area contributed by atoms with Gasteiger partial charge in [-0.1, -0.05) is 6.92 Å². The maximum Gasteiger partial charge on any atom is 0.393 e. The standard InChI is InChI=1S/C8H12F3N3/c1-5(8(9,10)11)7(13)2-3-14-4-6(7)12/h2-6H,12-13H2,1H3. The highest BCUT2D eigenvalue weighted by Crippen LogP contribution is 2.35. The topological polar surface area (TPSA) is 64.4 Å². The summed E-state index contributed by atoms with van der Waals surface area (Å²) in [5.74, 6) is -1.70. The van der Waals surface area contributed by atoms with Crippen molar-refractivity contribution in [3.05, 3.63) is 12.3 Å². The number of aliphatic imine (C=N–C) groups is 1. The summed E-state index contributed by atoms with van der Waals surface area (Å²) < 4.78 is 37.3. The second-order valence-corrected chi connectivity index (χ2v) is 3.40. The third kappa shape index (κ3) is 1.80. The van der Waals surface area contributed by atoms with Crippen LogP contribution in [0, 0.1) is 5.92 Å². The molecule has 0 saturated heterocycles. The van der Waals surface area contributed by atoms with Crippen LogP contribution in [0.4, 0.5) is 13.2 Å². The zero-order valence-corrected chi connectivity index (χ0v) is 7.62. The number of nitrogens with zero attached hydrogens (tertiary/aromatic N) is 1. The maximum atomic E-state index is 12.4. The normalized spacial score (nSPS) is 34.6. The van der Waals surface area contributed by atoms with Crippen LogP contribution in [0.25, 0.3) is 0 Å². The van der Waals surface area contributed by atoms with Crippen LogP contribution in [0.3, 0.4) is 0 Å². The van der Waals surface area contributed by atoms with E-state index in [-0.39, 0.29) is 0 Å². The van der Waals surface area contributed by atoms with Crippen LogP contribution in [0.15, 0.2) is 17.3 Å². The lowest BCUT2D eigenvalue weighted by Crippen LogP contribution is -2.62. The van der Waals surface area contributed by atoms with Gasteiger partial charge in [0.25, 0.3) is 0 Å². The van der Waals surface area contributed by atoms with Crippen molar-refractivity contribution < 1.29 is 13.2 Å². The molecule has 0 radical (unpaired) electrons. The molecular weight excluding hydrogens is 195 g/mol. The van der Waals surface area contributed by atoms with Gasteiger partial charge in [-0.3, -0.25) is 4.99 Å². The molecule has 0 fully saturated rings. The minimum absolute atomic E-state index is 0.913. The Bertz CT molecular complexity index is 271. The number of rotatable bonds is 1. The minimum Gasteiger partial charge on any atom is -0.321 e. The van der Waals surface area contributed by atoms with E-state index in [9.17, 15) is 13.2 Å². The summed E-state index contributed by atoms with van der Waals surface area (Å²) in [6, 6.07) is -0.913. The van der Waals surface area contributed by atoms with E-state index in [0.29, 0.717) is 0 Å². The Morgan fingerprint density at radius 2 is 2.07 bits per heavy atom. The fraction of sp³-hybridized carbons (Fsp3) is 0.625. The third-order valence-electron chi connectivity index (χ3n) is 2.51. The minimum atomic E-state index is -4.36. The van der Waals surface area contributed by atoms with E-state index in [4.69, 9.17) is 11.5 Å². The SMILES string of the molecule is CC(C(F)(F)F)C1(N)C=CN=CC1N. The molecule has 0 aliphatic carbocycles. The van der Waals surface area contributed by atoms with Crippen molar-refractivity contribution in [2.45, 2.75) is 24.7 Å². The summed E-state index contributed by atoms with van der Waals surface area (Å²) in [5.41, 5.74) is 9.50. The Morgan fingerprint density at radius 1 is 1.50 bits per heavy atom. The van der Waals surface area contributed by atoms with Crippen LogP contribution < -0.4 is 11.5 Å². The van der Waals surface area contributed by atoms with E-state index in [2.05, 4.69) is 4.99 Å². The average molecular weight is 207 g/mol. The molecule has 0 saturated carbocycles. The predicted molar refractivity (Wildman–Crippen MR) is 47.7 cm³/mol.